The van der Waals surface area contributed by atoms with Gasteiger partial charge in [0.25, 0.3) is 0 Å². The average molecular weight is 336 g/mol. The molecule has 0 aromatic heterocycles. The second kappa shape index (κ2) is 8.14. The fraction of sp³-hybridized carbons (Fsp3) is 0.235. The van der Waals surface area contributed by atoms with Crippen LogP contribution in [0.25, 0.3) is 0 Å². The molecule has 2 N–H and O–H groups in total. The van der Waals surface area contributed by atoms with Gasteiger partial charge in [-0.05, 0) is 55.5 Å². The van der Waals surface area contributed by atoms with Crippen LogP contribution in [-0.4, -0.2) is 25.7 Å². The first-order chi connectivity index (χ1) is 11.5. The minimum Gasteiger partial charge on any atom is -0.497 e. The maximum atomic E-state index is 12.2. The molecule has 0 radical (unpaired) electrons. The molecule has 7 heteroatoms. The van der Waals surface area contributed by atoms with Crippen molar-refractivity contribution >= 4 is 17.3 Å². The van der Waals surface area contributed by atoms with Gasteiger partial charge in [-0.1, -0.05) is 0 Å². The summed E-state index contributed by atoms with van der Waals surface area (Å²) in [5.74, 6) is 0.504. The number of benzene rings is 2. The Labute approximate surface area is 138 Å². The number of hydrogen-bond acceptors (Lipinski definition) is 4. The Morgan fingerprint density at radius 1 is 0.958 bits per heavy atom. The molecule has 2 aromatic carbocycles. The van der Waals surface area contributed by atoms with Gasteiger partial charge in [-0.25, -0.2) is 0 Å². The summed E-state index contributed by atoms with van der Waals surface area (Å²) in [6, 6.07) is 12.4. The summed E-state index contributed by atoms with van der Waals surface area (Å²) in [5, 5.41) is 5.76. The fourth-order valence-electron chi connectivity index (χ4n) is 1.97. The van der Waals surface area contributed by atoms with Gasteiger partial charge < -0.3 is 20.1 Å². The van der Waals surface area contributed by atoms with E-state index in [1.54, 1.807) is 38.3 Å². The first-order valence-electron chi connectivity index (χ1n) is 7.24. The van der Waals surface area contributed by atoms with E-state index in [-0.39, 0.29) is 11.7 Å². The topological polar surface area (TPSA) is 59.6 Å². The number of methoxy groups -OCH3 is 1. The normalized spacial score (nSPS) is 11.7. The monoisotopic (exact) mass is 336 g/mol. The van der Waals surface area contributed by atoms with Gasteiger partial charge in [0.2, 0.25) is 5.91 Å². The van der Waals surface area contributed by atoms with E-state index in [9.17, 15) is 13.6 Å². The molecule has 1 unspecified atom stereocenters. The van der Waals surface area contributed by atoms with Crippen molar-refractivity contribution in [3.05, 3.63) is 48.5 Å². The number of carbonyl (C=O) groups excluding carboxylic acids is 1. The number of ether oxygens (including phenoxy) is 2. The molecule has 5 nitrogen and oxygen atoms in total. The molecule has 128 valence electrons. The van der Waals surface area contributed by atoms with Gasteiger partial charge in [0.05, 0.1) is 7.11 Å². The van der Waals surface area contributed by atoms with E-state index in [0.29, 0.717) is 5.69 Å². The molecule has 0 saturated carbocycles. The number of carbonyl (C=O) groups is 1. The molecule has 2 rings (SSSR count). The van der Waals surface area contributed by atoms with Crippen molar-refractivity contribution < 1.29 is 23.0 Å². The number of nitrogens with one attached hydrogen (secondary N) is 2. The Balaban J connectivity index is 1.90. The fourth-order valence-corrected chi connectivity index (χ4v) is 1.97. The van der Waals surface area contributed by atoms with E-state index in [1.165, 1.54) is 24.3 Å². The van der Waals surface area contributed by atoms with E-state index in [2.05, 4.69) is 15.4 Å². The van der Waals surface area contributed by atoms with Crippen LogP contribution in [0.2, 0.25) is 0 Å². The third-order valence-corrected chi connectivity index (χ3v) is 3.21. The molecule has 0 fully saturated rings. The van der Waals surface area contributed by atoms with Crippen molar-refractivity contribution in [2.45, 2.75) is 19.6 Å². The van der Waals surface area contributed by atoms with Crippen LogP contribution < -0.4 is 20.1 Å². The van der Waals surface area contributed by atoms with Crippen LogP contribution in [-0.2, 0) is 4.79 Å². The lowest BCUT2D eigenvalue weighted by atomic mass is 10.2. The van der Waals surface area contributed by atoms with Crippen molar-refractivity contribution in [1.29, 1.82) is 0 Å². The third-order valence-electron chi connectivity index (χ3n) is 3.21. The molecule has 0 spiro atoms. The van der Waals surface area contributed by atoms with Crippen LogP contribution in [0.3, 0.4) is 0 Å². The molecule has 1 amide bonds. The lowest BCUT2D eigenvalue weighted by Crippen LogP contribution is -2.31. The largest absolute Gasteiger partial charge is 0.497 e. The molecular formula is C17H18F2N2O3. The lowest BCUT2D eigenvalue weighted by molar-refractivity contribution is -0.116. The minimum absolute atomic E-state index is 0.0346. The number of amides is 1. The molecule has 0 bridgehead atoms. The zero-order chi connectivity index (χ0) is 17.5. The Bertz CT molecular complexity index is 661. The standard InChI is InChI=1S/C17H18F2N2O3/c1-11(20-12-3-7-14(23-2)8-4-12)16(22)21-13-5-9-15(10-6-13)24-17(18)19/h3-11,17,20H,1-2H3,(H,21,22). The maximum absolute atomic E-state index is 12.2. The highest BCUT2D eigenvalue weighted by atomic mass is 19.3. The number of rotatable bonds is 7. The average Bonchev–Trinajstić information content (AvgIpc) is 2.56. The number of alkyl halides is 2. The highest BCUT2D eigenvalue weighted by Gasteiger charge is 2.13. The maximum Gasteiger partial charge on any atom is 0.387 e. The quantitative estimate of drug-likeness (QED) is 0.809. The molecule has 0 aliphatic rings. The molecule has 24 heavy (non-hydrogen) atoms. The van der Waals surface area contributed by atoms with Crippen LogP contribution in [0.1, 0.15) is 6.92 Å². The van der Waals surface area contributed by atoms with E-state index in [4.69, 9.17) is 4.74 Å². The molecular weight excluding hydrogens is 318 g/mol. The van der Waals surface area contributed by atoms with Crippen molar-refractivity contribution in [3.63, 3.8) is 0 Å². The van der Waals surface area contributed by atoms with Gasteiger partial charge in [0.1, 0.15) is 17.5 Å². The number of halogens is 2. The van der Waals surface area contributed by atoms with Gasteiger partial charge in [0.15, 0.2) is 0 Å². The zero-order valence-electron chi connectivity index (χ0n) is 13.3. The molecule has 0 aliphatic heterocycles. The van der Waals surface area contributed by atoms with Crippen LogP contribution in [0, 0.1) is 0 Å². The Morgan fingerprint density at radius 3 is 2.04 bits per heavy atom. The van der Waals surface area contributed by atoms with E-state index in [0.717, 1.165) is 11.4 Å². The van der Waals surface area contributed by atoms with Crippen molar-refractivity contribution in [2.24, 2.45) is 0 Å². The Kier molecular flexibility index (Phi) is 5.95. The molecule has 2 aromatic rings. The Morgan fingerprint density at radius 2 is 1.50 bits per heavy atom. The van der Waals surface area contributed by atoms with Gasteiger partial charge in [-0.2, -0.15) is 8.78 Å². The summed E-state index contributed by atoms with van der Waals surface area (Å²) >= 11 is 0. The second-order valence-electron chi connectivity index (χ2n) is 4.99. The first-order valence-corrected chi connectivity index (χ1v) is 7.24. The molecule has 0 saturated heterocycles. The van der Waals surface area contributed by atoms with Gasteiger partial charge in [0, 0.05) is 11.4 Å². The number of anilines is 2. The van der Waals surface area contributed by atoms with Crippen molar-refractivity contribution in [3.8, 4) is 11.5 Å². The highest BCUT2D eigenvalue weighted by molar-refractivity contribution is 5.96. The summed E-state index contributed by atoms with van der Waals surface area (Å²) in [6.45, 7) is -1.16. The summed E-state index contributed by atoms with van der Waals surface area (Å²) in [4.78, 5) is 12.2. The number of hydrogen-bond donors (Lipinski definition) is 2. The smallest absolute Gasteiger partial charge is 0.387 e. The van der Waals surface area contributed by atoms with E-state index in [1.807, 2.05) is 0 Å². The predicted octanol–water partition coefficient (Wildman–Crippen LogP) is 3.74. The van der Waals surface area contributed by atoms with Crippen molar-refractivity contribution in [1.82, 2.24) is 0 Å². The predicted molar refractivity (Wildman–Crippen MR) is 87.8 cm³/mol. The third kappa shape index (κ3) is 5.12. The van der Waals surface area contributed by atoms with E-state index >= 15 is 0 Å². The highest BCUT2D eigenvalue weighted by Crippen LogP contribution is 2.19. The molecule has 0 heterocycles. The molecule has 0 aliphatic carbocycles. The molecule has 1 atom stereocenters. The second-order valence-corrected chi connectivity index (χ2v) is 4.99. The minimum atomic E-state index is -2.88. The van der Waals surface area contributed by atoms with Crippen LogP contribution >= 0.6 is 0 Å². The van der Waals surface area contributed by atoms with E-state index < -0.39 is 12.7 Å². The van der Waals surface area contributed by atoms with Crippen LogP contribution in [0.15, 0.2) is 48.5 Å². The Hall–Kier alpha value is -2.83. The lowest BCUT2D eigenvalue weighted by Gasteiger charge is -2.16. The van der Waals surface area contributed by atoms with Crippen LogP contribution in [0.4, 0.5) is 20.2 Å². The summed E-state index contributed by atoms with van der Waals surface area (Å²) in [7, 11) is 1.58. The van der Waals surface area contributed by atoms with Crippen molar-refractivity contribution in [2.75, 3.05) is 17.7 Å². The van der Waals surface area contributed by atoms with Crippen LogP contribution in [0.5, 0.6) is 11.5 Å². The summed E-state index contributed by atoms with van der Waals surface area (Å²) in [6.07, 6.45) is 0. The summed E-state index contributed by atoms with van der Waals surface area (Å²) < 4.78 is 33.5. The van der Waals surface area contributed by atoms with Gasteiger partial charge in [-0.15, -0.1) is 0 Å². The summed E-state index contributed by atoms with van der Waals surface area (Å²) in [5.41, 5.74) is 1.27. The van der Waals surface area contributed by atoms with Gasteiger partial charge in [-0.3, -0.25) is 4.79 Å². The van der Waals surface area contributed by atoms with Gasteiger partial charge >= 0.3 is 6.61 Å². The SMILES string of the molecule is COc1ccc(NC(C)C(=O)Nc2ccc(OC(F)F)cc2)cc1. The first kappa shape index (κ1) is 17.5. The zero-order valence-corrected chi connectivity index (χ0v) is 13.3.